The second-order valence-electron chi connectivity index (χ2n) is 6.87. The molecule has 0 aliphatic carbocycles. The summed E-state index contributed by atoms with van der Waals surface area (Å²) >= 11 is 0. The molecule has 0 aromatic heterocycles. The summed E-state index contributed by atoms with van der Waals surface area (Å²) in [4.78, 5) is 36.1. The number of aliphatic carboxylic acids is 2. The van der Waals surface area contributed by atoms with Crippen LogP contribution in [0.25, 0.3) is 0 Å². The van der Waals surface area contributed by atoms with Gasteiger partial charge in [0.2, 0.25) is 0 Å². The van der Waals surface area contributed by atoms with Crippen LogP contribution >= 0.6 is 0 Å². The highest BCUT2D eigenvalue weighted by Gasteiger charge is 2.38. The molecule has 164 valence electrons. The smallest absolute Gasteiger partial charge is 0.328 e. The Labute approximate surface area is 180 Å². The Morgan fingerprint density at radius 2 is 1.45 bits per heavy atom. The highest BCUT2D eigenvalue weighted by Crippen LogP contribution is 2.25. The maximum atomic E-state index is 13.1. The van der Waals surface area contributed by atoms with Gasteiger partial charge in [-0.2, -0.15) is 0 Å². The summed E-state index contributed by atoms with van der Waals surface area (Å²) in [5.41, 5.74) is 1.46. The molecular weight excluding hydrogens is 400 g/mol. The number of nitrogens with zero attached hydrogens (tertiary/aromatic N) is 2. The van der Waals surface area contributed by atoms with Crippen LogP contribution < -0.4 is 4.90 Å². The van der Waals surface area contributed by atoms with Gasteiger partial charge < -0.3 is 20.2 Å². The van der Waals surface area contributed by atoms with Crippen LogP contribution in [0, 0.1) is 0 Å². The molecule has 0 bridgehead atoms. The Morgan fingerprint density at radius 1 is 0.935 bits per heavy atom. The zero-order valence-electron chi connectivity index (χ0n) is 17.2. The molecule has 1 aliphatic heterocycles. The summed E-state index contributed by atoms with van der Waals surface area (Å²) in [5.74, 6) is -2.58. The molecule has 0 radical (unpaired) electrons. The number of amides is 1. The molecule has 8 nitrogen and oxygen atoms in total. The van der Waals surface area contributed by atoms with Crippen molar-refractivity contribution in [3.05, 3.63) is 78.4 Å². The number of hydrogen-bond acceptors (Lipinski definition) is 5. The Balaban J connectivity index is 0.000000366. The van der Waals surface area contributed by atoms with Crippen LogP contribution in [0.5, 0.6) is 0 Å². The molecule has 0 saturated carbocycles. The van der Waals surface area contributed by atoms with E-state index in [4.69, 9.17) is 10.2 Å². The van der Waals surface area contributed by atoms with Gasteiger partial charge in [0.1, 0.15) is 0 Å². The van der Waals surface area contributed by atoms with Gasteiger partial charge >= 0.3 is 11.9 Å². The van der Waals surface area contributed by atoms with E-state index < -0.39 is 18.0 Å². The minimum Gasteiger partial charge on any atom is -0.478 e. The molecule has 1 heterocycles. The molecule has 8 heteroatoms. The highest BCUT2D eigenvalue weighted by atomic mass is 16.4. The number of likely N-dealkylation sites (tertiary alicyclic amines) is 1. The Kier molecular flexibility index (Phi) is 8.93. The lowest BCUT2D eigenvalue weighted by molar-refractivity contribution is -0.134. The van der Waals surface area contributed by atoms with Gasteiger partial charge in [0.15, 0.2) is 0 Å². The monoisotopic (exact) mass is 426 g/mol. The zero-order valence-corrected chi connectivity index (χ0v) is 17.2. The summed E-state index contributed by atoms with van der Waals surface area (Å²) in [7, 11) is 0. The van der Waals surface area contributed by atoms with E-state index in [1.54, 1.807) is 4.90 Å². The molecule has 0 spiro atoms. The van der Waals surface area contributed by atoms with Crippen LogP contribution in [0.4, 0.5) is 5.69 Å². The van der Waals surface area contributed by atoms with Crippen molar-refractivity contribution in [1.29, 1.82) is 0 Å². The summed E-state index contributed by atoms with van der Waals surface area (Å²) in [6.07, 6.45) is 0.577. The number of β-amino-alcohol motifs (C(OH)–C–C–N with tert-alkyl or cyclic N) is 1. The van der Waals surface area contributed by atoms with E-state index in [0.29, 0.717) is 30.8 Å². The van der Waals surface area contributed by atoms with Crippen LogP contribution in [0.2, 0.25) is 0 Å². The number of carbonyl (C=O) groups is 3. The van der Waals surface area contributed by atoms with Crippen molar-refractivity contribution >= 4 is 23.5 Å². The van der Waals surface area contributed by atoms with Crippen LogP contribution in [0.3, 0.4) is 0 Å². The molecule has 1 fully saturated rings. The normalized spacial score (nSPS) is 18.3. The Hall–Kier alpha value is -3.49. The largest absolute Gasteiger partial charge is 0.478 e. The van der Waals surface area contributed by atoms with E-state index in [0.717, 1.165) is 12.2 Å². The van der Waals surface area contributed by atoms with Crippen LogP contribution in [-0.4, -0.2) is 69.8 Å². The van der Waals surface area contributed by atoms with Crippen molar-refractivity contribution < 1.29 is 29.7 Å². The molecule has 2 aromatic rings. The van der Waals surface area contributed by atoms with Crippen LogP contribution in [0.1, 0.15) is 17.3 Å². The standard InChI is InChI=1S/C19H22N2O2.C4H4O4/c1-2-20-13-17(18(22)14-20)21(16-11-7-4-8-12-16)19(23)15-9-5-3-6-10-15;5-3(6)1-2-4(7)8/h3-12,17-18,22H,2,13-14H2,1H3;1-2H,(H,5,6)(H,7,8)/b;2-1+/t17-,18-;/m0./s1. The number of carboxylic acids is 2. The van der Waals surface area contributed by atoms with Crippen LogP contribution in [-0.2, 0) is 9.59 Å². The van der Waals surface area contributed by atoms with Gasteiger partial charge in [0, 0.05) is 36.5 Å². The van der Waals surface area contributed by atoms with E-state index >= 15 is 0 Å². The number of rotatable bonds is 6. The van der Waals surface area contributed by atoms with E-state index in [-0.39, 0.29) is 11.9 Å². The van der Waals surface area contributed by atoms with Crippen molar-refractivity contribution in [2.75, 3.05) is 24.5 Å². The average molecular weight is 426 g/mol. The molecule has 31 heavy (non-hydrogen) atoms. The second kappa shape index (κ2) is 11.6. The first kappa shape index (κ1) is 23.8. The summed E-state index contributed by atoms with van der Waals surface area (Å²) in [6.45, 7) is 4.23. The van der Waals surface area contributed by atoms with Crippen molar-refractivity contribution in [3.63, 3.8) is 0 Å². The van der Waals surface area contributed by atoms with Crippen molar-refractivity contribution in [3.8, 4) is 0 Å². The predicted molar refractivity (Wildman–Crippen MR) is 116 cm³/mol. The second-order valence-corrected chi connectivity index (χ2v) is 6.87. The van der Waals surface area contributed by atoms with Crippen molar-refractivity contribution in [2.24, 2.45) is 0 Å². The summed E-state index contributed by atoms with van der Waals surface area (Å²) in [6, 6.07) is 18.6. The first-order valence-corrected chi connectivity index (χ1v) is 9.81. The minimum absolute atomic E-state index is 0.0706. The van der Waals surface area contributed by atoms with Crippen molar-refractivity contribution in [2.45, 2.75) is 19.1 Å². The molecule has 0 unspecified atom stereocenters. The van der Waals surface area contributed by atoms with Gasteiger partial charge in [-0.1, -0.05) is 43.3 Å². The maximum Gasteiger partial charge on any atom is 0.328 e. The minimum atomic E-state index is -1.26. The topological polar surface area (TPSA) is 118 Å². The van der Waals surface area contributed by atoms with E-state index in [2.05, 4.69) is 11.8 Å². The lowest BCUT2D eigenvalue weighted by atomic mass is 10.1. The number of likely N-dealkylation sites (N-methyl/N-ethyl adjacent to an activating group) is 1. The van der Waals surface area contributed by atoms with E-state index in [1.807, 2.05) is 60.7 Å². The molecule has 2 atom stereocenters. The fourth-order valence-corrected chi connectivity index (χ4v) is 3.27. The van der Waals surface area contributed by atoms with Crippen molar-refractivity contribution in [1.82, 2.24) is 4.90 Å². The number of hydrogen-bond donors (Lipinski definition) is 3. The number of aliphatic hydroxyl groups is 1. The number of aliphatic hydroxyl groups excluding tert-OH is 1. The van der Waals surface area contributed by atoms with Gasteiger partial charge in [0.05, 0.1) is 12.1 Å². The third-order valence-corrected chi connectivity index (χ3v) is 4.76. The number of carboxylic acid groups (broad SMARTS) is 2. The Bertz CT molecular complexity index is 885. The summed E-state index contributed by atoms with van der Waals surface area (Å²) < 4.78 is 0. The molecule has 3 N–H and O–H groups in total. The molecule has 1 saturated heterocycles. The summed E-state index contributed by atoms with van der Waals surface area (Å²) in [5, 5.41) is 26.1. The fraction of sp³-hybridized carbons (Fsp3) is 0.261. The quantitative estimate of drug-likeness (QED) is 0.606. The number of para-hydroxylation sites is 1. The third-order valence-electron chi connectivity index (χ3n) is 4.76. The maximum absolute atomic E-state index is 13.1. The molecule has 2 aromatic carbocycles. The molecule has 1 amide bonds. The first-order valence-electron chi connectivity index (χ1n) is 9.81. The van der Waals surface area contributed by atoms with Crippen LogP contribution in [0.15, 0.2) is 72.8 Å². The molecule has 3 rings (SSSR count). The first-order chi connectivity index (χ1) is 14.8. The van der Waals surface area contributed by atoms with E-state index in [1.165, 1.54) is 0 Å². The molecular formula is C23H26N2O6. The lowest BCUT2D eigenvalue weighted by Crippen LogP contribution is -2.47. The number of anilines is 1. The average Bonchev–Trinajstić information content (AvgIpc) is 3.14. The third kappa shape index (κ3) is 7.06. The zero-order chi connectivity index (χ0) is 22.8. The predicted octanol–water partition coefficient (Wildman–Crippen LogP) is 2.11. The van der Waals surface area contributed by atoms with Gasteiger partial charge in [-0.3, -0.25) is 9.69 Å². The fourth-order valence-electron chi connectivity index (χ4n) is 3.27. The van der Waals surface area contributed by atoms with Gasteiger partial charge in [-0.25, -0.2) is 9.59 Å². The SMILES string of the molecule is CCN1C[C@H](O)[C@@H](N(C(=O)c2ccccc2)c2ccccc2)C1.O=C(O)/C=C/C(=O)O. The van der Waals surface area contributed by atoms with E-state index in [9.17, 15) is 19.5 Å². The van der Waals surface area contributed by atoms with Gasteiger partial charge in [0.25, 0.3) is 5.91 Å². The van der Waals surface area contributed by atoms with Gasteiger partial charge in [-0.15, -0.1) is 0 Å². The molecule has 1 aliphatic rings. The lowest BCUT2D eigenvalue weighted by Gasteiger charge is -2.31. The van der Waals surface area contributed by atoms with Gasteiger partial charge in [-0.05, 0) is 30.8 Å². The number of benzene rings is 2. The highest BCUT2D eigenvalue weighted by molar-refractivity contribution is 6.06. The Morgan fingerprint density at radius 3 is 1.90 bits per heavy atom. The number of carbonyl (C=O) groups excluding carboxylic acids is 1.